The van der Waals surface area contributed by atoms with Crippen LogP contribution in [0.2, 0.25) is 5.02 Å². The summed E-state index contributed by atoms with van der Waals surface area (Å²) in [5.74, 6) is 0.754. The van der Waals surface area contributed by atoms with Crippen molar-refractivity contribution in [2.45, 2.75) is 11.3 Å². The number of thiazole rings is 1. The third kappa shape index (κ3) is 4.13. The van der Waals surface area contributed by atoms with Crippen molar-refractivity contribution in [1.29, 1.82) is 0 Å². The number of aromatic nitrogens is 1. The van der Waals surface area contributed by atoms with E-state index in [0.717, 1.165) is 10.0 Å². The zero-order valence-corrected chi connectivity index (χ0v) is 13.4. The van der Waals surface area contributed by atoms with E-state index in [0.29, 0.717) is 22.2 Å². The smallest absolute Gasteiger partial charge is 0.234 e. The van der Waals surface area contributed by atoms with E-state index in [1.165, 1.54) is 23.1 Å². The number of thioether (sulfide) groups is 1. The van der Waals surface area contributed by atoms with Gasteiger partial charge in [0.2, 0.25) is 5.91 Å². The highest BCUT2D eigenvalue weighted by molar-refractivity contribution is 8.01. The molecular formula is C13H13ClN2O2S2. The molecule has 1 aromatic carbocycles. The highest BCUT2D eigenvalue weighted by Crippen LogP contribution is 2.28. The normalized spacial score (nSPS) is 10.3. The predicted molar refractivity (Wildman–Crippen MR) is 84.2 cm³/mol. The molecule has 0 spiro atoms. The summed E-state index contributed by atoms with van der Waals surface area (Å²) in [5, 5.41) is 5.29. The molecule has 1 N–H and O–H groups in total. The maximum absolute atomic E-state index is 11.9. The van der Waals surface area contributed by atoms with Crippen molar-refractivity contribution in [3.05, 3.63) is 34.3 Å². The van der Waals surface area contributed by atoms with Gasteiger partial charge in [0.15, 0.2) is 4.34 Å². The Morgan fingerprint density at radius 2 is 2.35 bits per heavy atom. The highest BCUT2D eigenvalue weighted by Gasteiger charge is 2.10. The van der Waals surface area contributed by atoms with Gasteiger partial charge in [0.25, 0.3) is 0 Å². The topological polar surface area (TPSA) is 51.2 Å². The molecule has 1 aromatic heterocycles. The van der Waals surface area contributed by atoms with Crippen LogP contribution in [-0.4, -0.2) is 23.8 Å². The van der Waals surface area contributed by atoms with Crippen LogP contribution >= 0.6 is 34.7 Å². The molecule has 1 amide bonds. The fourth-order valence-corrected chi connectivity index (χ4v) is 3.31. The molecule has 4 nitrogen and oxygen atoms in total. The lowest BCUT2D eigenvalue weighted by molar-refractivity contribution is -0.113. The Morgan fingerprint density at radius 3 is 3.00 bits per heavy atom. The highest BCUT2D eigenvalue weighted by atomic mass is 35.5. The maximum atomic E-state index is 11.9. The van der Waals surface area contributed by atoms with Crippen molar-refractivity contribution < 1.29 is 9.53 Å². The summed E-state index contributed by atoms with van der Waals surface area (Å²) in [5.41, 5.74) is 1.54. The van der Waals surface area contributed by atoms with Crippen LogP contribution in [-0.2, 0) is 4.79 Å². The third-order valence-corrected chi connectivity index (χ3v) is 4.73. The average Bonchev–Trinajstić information content (AvgIpc) is 2.83. The van der Waals surface area contributed by atoms with E-state index >= 15 is 0 Å². The van der Waals surface area contributed by atoms with E-state index < -0.39 is 0 Å². The summed E-state index contributed by atoms with van der Waals surface area (Å²) in [6.07, 6.45) is 0. The molecule has 0 saturated heterocycles. The van der Waals surface area contributed by atoms with Gasteiger partial charge in [-0.25, -0.2) is 4.98 Å². The molecule has 0 bridgehead atoms. The molecule has 0 fully saturated rings. The predicted octanol–water partition coefficient (Wildman–Crippen LogP) is 3.84. The van der Waals surface area contributed by atoms with Gasteiger partial charge in [-0.2, -0.15) is 0 Å². The number of rotatable bonds is 5. The molecule has 0 atom stereocenters. The summed E-state index contributed by atoms with van der Waals surface area (Å²) < 4.78 is 6.06. The lowest BCUT2D eigenvalue weighted by atomic mass is 10.3. The molecule has 7 heteroatoms. The minimum Gasteiger partial charge on any atom is -0.495 e. The summed E-state index contributed by atoms with van der Waals surface area (Å²) in [4.78, 5) is 16.2. The fraction of sp³-hybridized carbons (Fsp3) is 0.231. The number of aryl methyl sites for hydroxylation is 1. The van der Waals surface area contributed by atoms with Crippen LogP contribution in [0.4, 0.5) is 5.69 Å². The second-order valence-electron chi connectivity index (χ2n) is 3.94. The van der Waals surface area contributed by atoms with Crippen molar-refractivity contribution >= 4 is 46.3 Å². The molecule has 1 heterocycles. The average molecular weight is 329 g/mol. The zero-order valence-electron chi connectivity index (χ0n) is 11.0. The largest absolute Gasteiger partial charge is 0.495 e. The number of amides is 1. The Hall–Kier alpha value is -1.24. The number of carbonyl (C=O) groups excluding carboxylic acids is 1. The van der Waals surface area contributed by atoms with E-state index in [-0.39, 0.29) is 5.91 Å². The molecular weight excluding hydrogens is 316 g/mol. The summed E-state index contributed by atoms with van der Waals surface area (Å²) in [6.45, 7) is 1.93. The van der Waals surface area contributed by atoms with E-state index in [9.17, 15) is 4.79 Å². The van der Waals surface area contributed by atoms with Gasteiger partial charge in [0, 0.05) is 16.1 Å². The first-order valence-electron chi connectivity index (χ1n) is 5.77. The van der Waals surface area contributed by atoms with E-state index in [2.05, 4.69) is 10.3 Å². The van der Waals surface area contributed by atoms with Crippen molar-refractivity contribution in [1.82, 2.24) is 4.98 Å². The molecule has 0 radical (unpaired) electrons. The van der Waals surface area contributed by atoms with Crippen LogP contribution in [0.1, 0.15) is 5.69 Å². The Morgan fingerprint density at radius 1 is 1.55 bits per heavy atom. The van der Waals surface area contributed by atoms with Crippen LogP contribution in [0.25, 0.3) is 0 Å². The van der Waals surface area contributed by atoms with Crippen LogP contribution in [0.3, 0.4) is 0 Å². The van der Waals surface area contributed by atoms with Crippen LogP contribution < -0.4 is 10.1 Å². The summed E-state index contributed by atoms with van der Waals surface area (Å²) in [7, 11) is 1.55. The first-order chi connectivity index (χ1) is 9.58. The summed E-state index contributed by atoms with van der Waals surface area (Å²) in [6, 6.07) is 5.09. The molecule has 2 aromatic rings. The number of benzene rings is 1. The van der Waals surface area contributed by atoms with Crippen molar-refractivity contribution in [2.75, 3.05) is 18.2 Å². The van der Waals surface area contributed by atoms with Gasteiger partial charge < -0.3 is 10.1 Å². The number of hydrogen-bond donors (Lipinski definition) is 1. The van der Waals surface area contributed by atoms with Gasteiger partial charge in [-0.1, -0.05) is 23.4 Å². The van der Waals surface area contributed by atoms with Gasteiger partial charge >= 0.3 is 0 Å². The first kappa shape index (κ1) is 15.2. The van der Waals surface area contributed by atoms with Crippen LogP contribution in [0, 0.1) is 6.92 Å². The second-order valence-corrected chi connectivity index (χ2v) is 6.45. The van der Waals surface area contributed by atoms with Gasteiger partial charge in [0.1, 0.15) is 5.75 Å². The Bertz CT molecular complexity index is 616. The molecule has 20 heavy (non-hydrogen) atoms. The molecule has 0 aliphatic heterocycles. The molecule has 0 aliphatic carbocycles. The second kappa shape index (κ2) is 6.97. The lowest BCUT2D eigenvalue weighted by Crippen LogP contribution is -2.14. The number of nitrogens with one attached hydrogen (secondary N) is 1. The molecule has 2 rings (SSSR count). The van der Waals surface area contributed by atoms with Gasteiger partial charge in [-0.3, -0.25) is 4.79 Å². The summed E-state index contributed by atoms with van der Waals surface area (Å²) >= 11 is 8.85. The quantitative estimate of drug-likeness (QED) is 0.847. The molecule has 106 valence electrons. The number of halogens is 1. The zero-order chi connectivity index (χ0) is 14.5. The third-order valence-electron chi connectivity index (χ3n) is 2.36. The molecule has 0 unspecified atom stereocenters. The van der Waals surface area contributed by atoms with E-state index in [1.54, 1.807) is 25.3 Å². The first-order valence-corrected chi connectivity index (χ1v) is 8.01. The standard InChI is InChI=1S/C13H13ClN2O2S2/c1-8-6-19-13(15-8)20-7-12(17)16-10-5-9(14)3-4-11(10)18-2/h3-6H,7H2,1-2H3,(H,16,17). The Kier molecular flexibility index (Phi) is 5.28. The van der Waals surface area contributed by atoms with Gasteiger partial charge in [-0.15, -0.1) is 11.3 Å². The van der Waals surface area contributed by atoms with Crippen molar-refractivity contribution in [3.8, 4) is 5.75 Å². The molecule has 0 aliphatic rings. The van der Waals surface area contributed by atoms with E-state index in [1.807, 2.05) is 12.3 Å². The van der Waals surface area contributed by atoms with Crippen molar-refractivity contribution in [3.63, 3.8) is 0 Å². The van der Waals surface area contributed by atoms with Gasteiger partial charge in [-0.05, 0) is 25.1 Å². The minimum absolute atomic E-state index is 0.122. The number of ether oxygens (including phenoxy) is 1. The Labute approximate surface area is 130 Å². The number of nitrogens with zero attached hydrogens (tertiary/aromatic N) is 1. The lowest BCUT2D eigenvalue weighted by Gasteiger charge is -2.10. The van der Waals surface area contributed by atoms with E-state index in [4.69, 9.17) is 16.3 Å². The fourth-order valence-electron chi connectivity index (χ4n) is 1.49. The minimum atomic E-state index is -0.122. The monoisotopic (exact) mass is 328 g/mol. The van der Waals surface area contributed by atoms with Crippen LogP contribution in [0.5, 0.6) is 5.75 Å². The number of anilines is 1. The van der Waals surface area contributed by atoms with Crippen molar-refractivity contribution in [2.24, 2.45) is 0 Å². The molecule has 0 saturated carbocycles. The SMILES string of the molecule is COc1ccc(Cl)cc1NC(=O)CSc1nc(C)cs1. The Balaban J connectivity index is 1.96. The number of carbonyl (C=O) groups is 1. The van der Waals surface area contributed by atoms with Gasteiger partial charge in [0.05, 0.1) is 18.6 Å². The maximum Gasteiger partial charge on any atom is 0.234 e. The number of methoxy groups -OCH3 is 1. The van der Waals surface area contributed by atoms with Crippen LogP contribution in [0.15, 0.2) is 27.9 Å². The number of hydrogen-bond acceptors (Lipinski definition) is 5.